The first-order chi connectivity index (χ1) is 14.5. The molecule has 0 aliphatic rings. The number of aromatic nitrogens is 4. The van der Waals surface area contributed by atoms with E-state index in [0.29, 0.717) is 23.3 Å². The van der Waals surface area contributed by atoms with Crippen LogP contribution in [0.4, 0.5) is 0 Å². The van der Waals surface area contributed by atoms with Gasteiger partial charge in [0.1, 0.15) is 0 Å². The number of carbonyl (C=O) groups is 2. The average molecular weight is 400 g/mol. The highest BCUT2D eigenvalue weighted by molar-refractivity contribution is 6.02. The number of carbonyl (C=O) groups excluding carboxylic acids is 2. The van der Waals surface area contributed by atoms with Crippen molar-refractivity contribution in [3.8, 4) is 0 Å². The number of hydrogen-bond donors (Lipinski definition) is 0. The lowest BCUT2D eigenvalue weighted by Crippen LogP contribution is -1.92. The Labute approximate surface area is 175 Å². The van der Waals surface area contributed by atoms with Gasteiger partial charge in [-0.2, -0.15) is 0 Å². The first kappa shape index (κ1) is 22.5. The standard InChI is InChI=1S/C18H14N4O.C6H10O/c1-3-5-14(23)7-6-13-11-20-16-8-17-15(9-18(16)22-13)19-10-12(4-2)21-17;1-3-5-6(7)4-2/h3-11H,2H2,1H3;3,5H,4H2,1-2H3/b5-3-,7-6-;5-3-. The molecule has 2 aromatic heterocycles. The summed E-state index contributed by atoms with van der Waals surface area (Å²) in [6.45, 7) is 9.18. The van der Waals surface area contributed by atoms with Gasteiger partial charge in [-0.05, 0) is 56.4 Å². The summed E-state index contributed by atoms with van der Waals surface area (Å²) in [6, 6.07) is 3.68. The highest BCUT2D eigenvalue weighted by atomic mass is 16.1. The molecule has 0 amide bonds. The van der Waals surface area contributed by atoms with E-state index in [1.165, 1.54) is 12.2 Å². The van der Waals surface area contributed by atoms with E-state index in [0.717, 1.165) is 16.6 Å². The molecule has 152 valence electrons. The van der Waals surface area contributed by atoms with Gasteiger partial charge in [-0.1, -0.05) is 25.7 Å². The minimum atomic E-state index is -0.0873. The smallest absolute Gasteiger partial charge is 0.178 e. The molecule has 1 aromatic carbocycles. The van der Waals surface area contributed by atoms with Gasteiger partial charge in [0, 0.05) is 6.42 Å². The minimum absolute atomic E-state index is 0.0873. The summed E-state index contributed by atoms with van der Waals surface area (Å²) in [4.78, 5) is 39.4. The molecule has 0 bridgehead atoms. The second-order valence-electron chi connectivity index (χ2n) is 6.18. The van der Waals surface area contributed by atoms with Crippen LogP contribution in [-0.2, 0) is 9.59 Å². The van der Waals surface area contributed by atoms with Crippen molar-refractivity contribution >= 4 is 45.8 Å². The lowest BCUT2D eigenvalue weighted by atomic mass is 10.2. The van der Waals surface area contributed by atoms with E-state index in [9.17, 15) is 9.59 Å². The molecule has 6 heteroatoms. The zero-order valence-corrected chi connectivity index (χ0v) is 17.4. The quantitative estimate of drug-likeness (QED) is 0.431. The Balaban J connectivity index is 0.000000396. The third-order valence-electron chi connectivity index (χ3n) is 3.90. The fraction of sp³-hybridized carbons (Fsp3) is 0.167. The monoisotopic (exact) mass is 400 g/mol. The zero-order valence-electron chi connectivity index (χ0n) is 17.4. The summed E-state index contributed by atoms with van der Waals surface area (Å²) >= 11 is 0. The largest absolute Gasteiger partial charge is 0.295 e. The molecule has 0 aliphatic heterocycles. The van der Waals surface area contributed by atoms with Crippen LogP contribution in [0.2, 0.25) is 0 Å². The second-order valence-corrected chi connectivity index (χ2v) is 6.18. The van der Waals surface area contributed by atoms with Crippen molar-refractivity contribution in [1.82, 2.24) is 19.9 Å². The predicted octanol–water partition coefficient (Wildman–Crippen LogP) is 4.92. The van der Waals surface area contributed by atoms with Gasteiger partial charge in [0.2, 0.25) is 0 Å². The second kappa shape index (κ2) is 11.3. The van der Waals surface area contributed by atoms with Gasteiger partial charge in [-0.25, -0.2) is 9.97 Å². The van der Waals surface area contributed by atoms with Crippen molar-refractivity contribution in [1.29, 1.82) is 0 Å². The third kappa shape index (κ3) is 6.38. The normalized spacial score (nSPS) is 11.3. The summed E-state index contributed by atoms with van der Waals surface area (Å²) in [6.07, 6.45) is 15.2. The van der Waals surface area contributed by atoms with Crippen molar-refractivity contribution in [3.05, 3.63) is 72.9 Å². The van der Waals surface area contributed by atoms with Crippen LogP contribution in [0, 0.1) is 0 Å². The molecule has 6 nitrogen and oxygen atoms in total. The summed E-state index contributed by atoms with van der Waals surface area (Å²) < 4.78 is 0. The fourth-order valence-corrected chi connectivity index (χ4v) is 2.42. The summed E-state index contributed by atoms with van der Waals surface area (Å²) in [5.74, 6) is 0.109. The maximum atomic E-state index is 11.5. The van der Waals surface area contributed by atoms with Crippen molar-refractivity contribution < 1.29 is 9.59 Å². The number of fused-ring (bicyclic) bond motifs is 2. The average Bonchev–Trinajstić information content (AvgIpc) is 2.76. The Bertz CT molecular complexity index is 1160. The predicted molar refractivity (Wildman–Crippen MR) is 122 cm³/mol. The SMILES string of the molecule is C/C=C\C(=O)CC.C=Cc1cnc2cc3nc(/C=C\C(=O)/C=C\C)cnc3cc2n1. The summed E-state index contributed by atoms with van der Waals surface area (Å²) in [7, 11) is 0. The van der Waals surface area contributed by atoms with Gasteiger partial charge >= 0.3 is 0 Å². The molecule has 0 N–H and O–H groups in total. The molecule has 30 heavy (non-hydrogen) atoms. The molecule has 0 saturated carbocycles. The zero-order chi connectivity index (χ0) is 21.9. The van der Waals surface area contributed by atoms with Gasteiger partial charge in [0.05, 0.1) is 45.8 Å². The van der Waals surface area contributed by atoms with Crippen LogP contribution in [0.25, 0.3) is 34.2 Å². The van der Waals surface area contributed by atoms with E-state index < -0.39 is 0 Å². The molecular weight excluding hydrogens is 376 g/mol. The van der Waals surface area contributed by atoms with Gasteiger partial charge in [-0.3, -0.25) is 19.6 Å². The van der Waals surface area contributed by atoms with Crippen LogP contribution in [0.3, 0.4) is 0 Å². The topological polar surface area (TPSA) is 85.7 Å². The van der Waals surface area contributed by atoms with Crippen molar-refractivity contribution in [2.45, 2.75) is 27.2 Å². The third-order valence-corrected chi connectivity index (χ3v) is 3.90. The van der Waals surface area contributed by atoms with Crippen molar-refractivity contribution in [2.24, 2.45) is 0 Å². The van der Waals surface area contributed by atoms with Gasteiger partial charge in [0.15, 0.2) is 11.6 Å². The number of allylic oxidation sites excluding steroid dienone is 5. The van der Waals surface area contributed by atoms with Crippen LogP contribution >= 0.6 is 0 Å². The van der Waals surface area contributed by atoms with Gasteiger partial charge in [-0.15, -0.1) is 0 Å². The number of benzene rings is 1. The first-order valence-electron chi connectivity index (χ1n) is 9.57. The number of ketones is 2. The maximum Gasteiger partial charge on any atom is 0.178 e. The van der Waals surface area contributed by atoms with E-state index in [1.807, 2.05) is 26.0 Å². The number of rotatable bonds is 6. The van der Waals surface area contributed by atoms with Crippen molar-refractivity contribution in [2.75, 3.05) is 0 Å². The Kier molecular flexibility index (Phi) is 8.44. The Hall–Kier alpha value is -3.80. The molecule has 0 atom stereocenters. The lowest BCUT2D eigenvalue weighted by molar-refractivity contribution is -0.114. The molecule has 0 radical (unpaired) electrons. The van der Waals surface area contributed by atoms with Crippen LogP contribution in [0.5, 0.6) is 0 Å². The maximum absolute atomic E-state index is 11.5. The molecular formula is C24H24N4O2. The highest BCUT2D eigenvalue weighted by Crippen LogP contribution is 2.18. The number of nitrogens with zero attached hydrogens (tertiary/aromatic N) is 4. The Morgan fingerprint density at radius 1 is 0.867 bits per heavy atom. The van der Waals surface area contributed by atoms with Gasteiger partial charge in [0.25, 0.3) is 0 Å². The fourth-order valence-electron chi connectivity index (χ4n) is 2.42. The van der Waals surface area contributed by atoms with E-state index in [1.54, 1.807) is 49.7 Å². The van der Waals surface area contributed by atoms with E-state index in [4.69, 9.17) is 0 Å². The first-order valence-corrected chi connectivity index (χ1v) is 9.57. The molecule has 0 saturated heterocycles. The molecule has 0 fully saturated rings. The number of hydrogen-bond acceptors (Lipinski definition) is 6. The van der Waals surface area contributed by atoms with Gasteiger partial charge < -0.3 is 0 Å². The molecule has 3 rings (SSSR count). The lowest BCUT2D eigenvalue weighted by Gasteiger charge is -2.02. The summed E-state index contributed by atoms with van der Waals surface area (Å²) in [5.41, 5.74) is 4.25. The minimum Gasteiger partial charge on any atom is -0.295 e. The van der Waals surface area contributed by atoms with E-state index in [-0.39, 0.29) is 11.6 Å². The Morgan fingerprint density at radius 2 is 1.43 bits per heavy atom. The van der Waals surface area contributed by atoms with E-state index >= 15 is 0 Å². The molecule has 0 spiro atoms. The molecule has 0 unspecified atom stereocenters. The molecule has 0 aliphatic carbocycles. The molecule has 3 aromatic rings. The van der Waals surface area contributed by atoms with Crippen LogP contribution in [0.15, 0.2) is 61.5 Å². The van der Waals surface area contributed by atoms with Crippen LogP contribution < -0.4 is 0 Å². The van der Waals surface area contributed by atoms with Crippen LogP contribution in [0.1, 0.15) is 38.6 Å². The summed E-state index contributed by atoms with van der Waals surface area (Å²) in [5, 5.41) is 0. The highest BCUT2D eigenvalue weighted by Gasteiger charge is 2.04. The Morgan fingerprint density at radius 3 is 1.93 bits per heavy atom. The van der Waals surface area contributed by atoms with E-state index in [2.05, 4.69) is 26.5 Å². The molecule has 2 heterocycles. The van der Waals surface area contributed by atoms with Crippen molar-refractivity contribution in [3.63, 3.8) is 0 Å². The van der Waals surface area contributed by atoms with Crippen LogP contribution in [-0.4, -0.2) is 31.5 Å².